The van der Waals surface area contributed by atoms with Crippen molar-refractivity contribution < 1.29 is 9.59 Å². The number of halogens is 1. The number of amides is 2. The number of rotatable bonds is 3. The van der Waals surface area contributed by atoms with Gasteiger partial charge in [-0.1, -0.05) is 34.1 Å². The molecule has 5 heteroatoms. The Bertz CT molecular complexity index is 723. The van der Waals surface area contributed by atoms with Gasteiger partial charge >= 0.3 is 0 Å². The molecule has 0 atom stereocenters. The first kappa shape index (κ1) is 14.1. The standard InChI is InChI=1S/C16H15BrN2O2/c17-14-3-1-2-11-7-12(4-5-13(11)14)16(21)19-8-10(9-19)6-15(18)20/h1-5,7,10H,6,8-9H2,(H2,18,20). The molecule has 2 N–H and O–H groups in total. The lowest BCUT2D eigenvalue weighted by molar-refractivity contribution is -0.119. The van der Waals surface area contributed by atoms with E-state index in [9.17, 15) is 9.59 Å². The Hall–Kier alpha value is -1.88. The smallest absolute Gasteiger partial charge is 0.253 e. The monoisotopic (exact) mass is 346 g/mol. The maximum absolute atomic E-state index is 12.4. The number of carbonyl (C=O) groups is 2. The van der Waals surface area contributed by atoms with Gasteiger partial charge in [-0.2, -0.15) is 0 Å². The Morgan fingerprint density at radius 2 is 2.00 bits per heavy atom. The number of carbonyl (C=O) groups excluding carboxylic acids is 2. The first-order valence-electron chi connectivity index (χ1n) is 6.80. The van der Waals surface area contributed by atoms with Gasteiger partial charge < -0.3 is 10.6 Å². The van der Waals surface area contributed by atoms with E-state index in [0.717, 1.165) is 15.2 Å². The van der Waals surface area contributed by atoms with Crippen molar-refractivity contribution in [2.45, 2.75) is 6.42 Å². The molecule has 1 heterocycles. The van der Waals surface area contributed by atoms with Gasteiger partial charge in [-0.05, 0) is 29.0 Å². The zero-order valence-corrected chi connectivity index (χ0v) is 13.0. The Morgan fingerprint density at radius 1 is 1.24 bits per heavy atom. The predicted molar refractivity (Wildman–Crippen MR) is 84.9 cm³/mol. The number of hydrogen-bond donors (Lipinski definition) is 1. The molecule has 0 unspecified atom stereocenters. The molecule has 0 saturated carbocycles. The van der Waals surface area contributed by atoms with E-state index in [-0.39, 0.29) is 17.7 Å². The Kier molecular flexibility index (Phi) is 3.68. The number of primary amides is 1. The third kappa shape index (κ3) is 2.78. The average Bonchev–Trinajstić information content (AvgIpc) is 2.41. The van der Waals surface area contributed by atoms with Gasteiger partial charge in [0.05, 0.1) is 0 Å². The van der Waals surface area contributed by atoms with E-state index < -0.39 is 0 Å². The lowest BCUT2D eigenvalue weighted by Crippen LogP contribution is -2.51. The topological polar surface area (TPSA) is 63.4 Å². The van der Waals surface area contributed by atoms with Crippen molar-refractivity contribution in [3.63, 3.8) is 0 Å². The molecule has 0 radical (unpaired) electrons. The van der Waals surface area contributed by atoms with Crippen LogP contribution >= 0.6 is 15.9 Å². The molecule has 0 aliphatic carbocycles. The van der Waals surface area contributed by atoms with Gasteiger partial charge in [-0.15, -0.1) is 0 Å². The van der Waals surface area contributed by atoms with Gasteiger partial charge in [0, 0.05) is 35.5 Å². The normalized spacial score (nSPS) is 15.0. The fourth-order valence-electron chi connectivity index (χ4n) is 2.71. The van der Waals surface area contributed by atoms with Gasteiger partial charge in [0.15, 0.2) is 0 Å². The highest BCUT2D eigenvalue weighted by atomic mass is 79.9. The van der Waals surface area contributed by atoms with Gasteiger partial charge in [-0.3, -0.25) is 9.59 Å². The van der Waals surface area contributed by atoms with Crippen LogP contribution in [0.5, 0.6) is 0 Å². The second kappa shape index (κ2) is 5.48. The van der Waals surface area contributed by atoms with E-state index in [1.54, 1.807) is 4.90 Å². The van der Waals surface area contributed by atoms with Gasteiger partial charge in [0.1, 0.15) is 0 Å². The molecule has 0 bridgehead atoms. The number of fused-ring (bicyclic) bond motifs is 1. The van der Waals surface area contributed by atoms with Crippen LogP contribution in [0.1, 0.15) is 16.8 Å². The van der Waals surface area contributed by atoms with E-state index in [0.29, 0.717) is 25.1 Å². The zero-order valence-electron chi connectivity index (χ0n) is 11.4. The quantitative estimate of drug-likeness (QED) is 0.928. The number of benzene rings is 2. The second-order valence-electron chi connectivity index (χ2n) is 5.42. The fourth-order valence-corrected chi connectivity index (χ4v) is 3.22. The third-order valence-electron chi connectivity index (χ3n) is 3.81. The highest BCUT2D eigenvalue weighted by Gasteiger charge is 2.32. The third-order valence-corrected chi connectivity index (χ3v) is 4.50. The SMILES string of the molecule is NC(=O)CC1CN(C(=O)c2ccc3c(Br)cccc3c2)C1. The summed E-state index contributed by atoms with van der Waals surface area (Å²) in [6.45, 7) is 1.22. The highest BCUT2D eigenvalue weighted by Crippen LogP contribution is 2.26. The molecule has 1 aliphatic rings. The van der Waals surface area contributed by atoms with Gasteiger partial charge in [0.2, 0.25) is 5.91 Å². The highest BCUT2D eigenvalue weighted by molar-refractivity contribution is 9.10. The van der Waals surface area contributed by atoms with Crippen LogP contribution in [0.4, 0.5) is 0 Å². The lowest BCUT2D eigenvalue weighted by atomic mass is 9.94. The summed E-state index contributed by atoms with van der Waals surface area (Å²) in [4.78, 5) is 25.0. The minimum absolute atomic E-state index is 0.0117. The molecule has 4 nitrogen and oxygen atoms in total. The molecule has 0 aromatic heterocycles. The largest absolute Gasteiger partial charge is 0.370 e. The van der Waals surface area contributed by atoms with Crippen molar-refractivity contribution in [2.75, 3.05) is 13.1 Å². The second-order valence-corrected chi connectivity index (χ2v) is 6.28. The summed E-state index contributed by atoms with van der Waals surface area (Å²) >= 11 is 3.50. The van der Waals surface area contributed by atoms with Crippen LogP contribution in [0.3, 0.4) is 0 Å². The number of likely N-dealkylation sites (tertiary alicyclic amines) is 1. The summed E-state index contributed by atoms with van der Waals surface area (Å²) < 4.78 is 1.02. The first-order chi connectivity index (χ1) is 10.0. The Balaban J connectivity index is 1.76. The Morgan fingerprint density at radius 3 is 2.71 bits per heavy atom. The first-order valence-corrected chi connectivity index (χ1v) is 7.60. The molecule has 0 spiro atoms. The molecule has 3 rings (SSSR count). The van der Waals surface area contributed by atoms with Crippen LogP contribution in [0, 0.1) is 5.92 Å². The minimum Gasteiger partial charge on any atom is -0.370 e. The Labute approximate surface area is 131 Å². The number of hydrogen-bond acceptors (Lipinski definition) is 2. The van der Waals surface area contributed by atoms with Crippen molar-refractivity contribution in [3.05, 3.63) is 46.4 Å². The lowest BCUT2D eigenvalue weighted by Gasteiger charge is -2.38. The molecule has 2 aromatic carbocycles. The molecule has 21 heavy (non-hydrogen) atoms. The molecule has 1 saturated heterocycles. The van der Waals surface area contributed by atoms with Crippen molar-refractivity contribution in [2.24, 2.45) is 11.7 Å². The van der Waals surface area contributed by atoms with Crippen LogP contribution in [-0.2, 0) is 4.79 Å². The van der Waals surface area contributed by atoms with Crippen LogP contribution in [0.25, 0.3) is 10.8 Å². The van der Waals surface area contributed by atoms with Crippen LogP contribution in [0.15, 0.2) is 40.9 Å². The number of nitrogens with two attached hydrogens (primary N) is 1. The molecule has 1 fully saturated rings. The molecule has 1 aliphatic heterocycles. The summed E-state index contributed by atoms with van der Waals surface area (Å²) in [5.41, 5.74) is 5.84. The summed E-state index contributed by atoms with van der Waals surface area (Å²) in [6.07, 6.45) is 0.356. The van der Waals surface area contributed by atoms with Crippen LogP contribution < -0.4 is 5.73 Å². The molecule has 2 aromatic rings. The van der Waals surface area contributed by atoms with Crippen LogP contribution in [0.2, 0.25) is 0 Å². The molecular weight excluding hydrogens is 332 g/mol. The summed E-state index contributed by atoms with van der Waals surface area (Å²) in [5, 5.41) is 2.12. The van der Waals surface area contributed by atoms with Crippen LogP contribution in [-0.4, -0.2) is 29.8 Å². The van der Waals surface area contributed by atoms with E-state index in [4.69, 9.17) is 5.73 Å². The maximum Gasteiger partial charge on any atom is 0.253 e. The van der Waals surface area contributed by atoms with Crippen molar-refractivity contribution >= 4 is 38.5 Å². The van der Waals surface area contributed by atoms with E-state index in [1.165, 1.54) is 0 Å². The van der Waals surface area contributed by atoms with Crippen molar-refractivity contribution in [1.29, 1.82) is 0 Å². The van der Waals surface area contributed by atoms with Crippen molar-refractivity contribution in [1.82, 2.24) is 4.90 Å². The van der Waals surface area contributed by atoms with E-state index >= 15 is 0 Å². The van der Waals surface area contributed by atoms with Gasteiger partial charge in [-0.25, -0.2) is 0 Å². The summed E-state index contributed by atoms with van der Waals surface area (Å²) in [6, 6.07) is 11.6. The molecular formula is C16H15BrN2O2. The average molecular weight is 347 g/mol. The molecule has 2 amide bonds. The predicted octanol–water partition coefficient (Wildman–Crippen LogP) is 2.55. The molecule has 108 valence electrons. The summed E-state index contributed by atoms with van der Waals surface area (Å²) in [5.74, 6) is -0.0821. The fraction of sp³-hybridized carbons (Fsp3) is 0.250. The minimum atomic E-state index is -0.303. The van der Waals surface area contributed by atoms with Gasteiger partial charge in [0.25, 0.3) is 5.91 Å². The van der Waals surface area contributed by atoms with E-state index in [1.807, 2.05) is 36.4 Å². The van der Waals surface area contributed by atoms with Crippen molar-refractivity contribution in [3.8, 4) is 0 Å². The van der Waals surface area contributed by atoms with E-state index in [2.05, 4.69) is 15.9 Å². The number of nitrogens with zero attached hydrogens (tertiary/aromatic N) is 1. The maximum atomic E-state index is 12.4. The summed E-state index contributed by atoms with van der Waals surface area (Å²) in [7, 11) is 0. The zero-order chi connectivity index (χ0) is 15.0.